The zero-order chi connectivity index (χ0) is 17.3. The molecule has 0 spiro atoms. The molecular weight excluding hydrogens is 338 g/mol. The van der Waals surface area contributed by atoms with Gasteiger partial charge in [0.2, 0.25) is 0 Å². The fourth-order valence-corrected chi connectivity index (χ4v) is 2.61. The molecule has 1 aromatic carbocycles. The van der Waals surface area contributed by atoms with E-state index in [0.717, 1.165) is 17.3 Å². The average molecular weight is 347 g/mol. The second kappa shape index (κ2) is 6.08. The molecule has 0 amide bonds. The van der Waals surface area contributed by atoms with Crippen molar-refractivity contribution in [3.05, 3.63) is 50.7 Å². The topological polar surface area (TPSA) is 146 Å². The highest BCUT2D eigenvalue weighted by Crippen LogP contribution is 2.27. The third-order valence-electron chi connectivity index (χ3n) is 3.00. The largest absolute Gasteiger partial charge is 0.492 e. The van der Waals surface area contributed by atoms with Crippen molar-refractivity contribution in [1.29, 1.82) is 0 Å². The lowest BCUT2D eigenvalue weighted by Crippen LogP contribution is -1.94. The summed E-state index contributed by atoms with van der Waals surface area (Å²) in [7, 11) is 1.54. The first kappa shape index (κ1) is 15.6. The maximum Gasteiger partial charge on any atom is 0.492 e. The van der Waals surface area contributed by atoms with Crippen LogP contribution in [-0.2, 0) is 7.05 Å². The van der Waals surface area contributed by atoms with Gasteiger partial charge in [-0.1, -0.05) is 0 Å². The van der Waals surface area contributed by atoms with Gasteiger partial charge in [0.25, 0.3) is 10.8 Å². The number of non-ortho nitro benzene ring substituents is 1. The van der Waals surface area contributed by atoms with Gasteiger partial charge in [0, 0.05) is 41.6 Å². The second-order valence-electron chi connectivity index (χ2n) is 4.58. The lowest BCUT2D eigenvalue weighted by Gasteiger charge is -1.97. The van der Waals surface area contributed by atoms with Crippen LogP contribution in [0.2, 0.25) is 0 Å². The van der Waals surface area contributed by atoms with Gasteiger partial charge < -0.3 is 15.1 Å². The van der Waals surface area contributed by atoms with Gasteiger partial charge in [-0.25, -0.2) is 4.98 Å². The van der Waals surface area contributed by atoms with Crippen LogP contribution in [0, 0.1) is 20.2 Å². The maximum atomic E-state index is 10.7. The highest BCUT2D eigenvalue weighted by molar-refractivity contribution is 7.99. The first-order valence-corrected chi connectivity index (χ1v) is 7.29. The highest BCUT2D eigenvalue weighted by atomic mass is 32.2. The molecule has 0 bridgehead atoms. The number of rotatable bonds is 5. The minimum atomic E-state index is -0.672. The van der Waals surface area contributed by atoms with Gasteiger partial charge in [-0.15, -0.1) is 0 Å². The van der Waals surface area contributed by atoms with Crippen molar-refractivity contribution in [3.63, 3.8) is 0 Å². The predicted molar refractivity (Wildman–Crippen MR) is 82.5 cm³/mol. The summed E-state index contributed by atoms with van der Waals surface area (Å²) in [5.41, 5.74) is 1.38. The Kier molecular flexibility index (Phi) is 3.95. The van der Waals surface area contributed by atoms with Crippen LogP contribution in [0.3, 0.4) is 0 Å². The molecule has 2 aromatic heterocycles. The molecule has 0 saturated carbocycles. The monoisotopic (exact) mass is 347 g/mol. The van der Waals surface area contributed by atoms with Crippen molar-refractivity contribution in [2.75, 3.05) is 0 Å². The number of hydrogen-bond acceptors (Lipinski definition) is 8. The van der Waals surface area contributed by atoms with Crippen LogP contribution >= 0.6 is 11.8 Å². The zero-order valence-corrected chi connectivity index (χ0v) is 12.9. The van der Waals surface area contributed by atoms with Gasteiger partial charge in [-0.2, -0.15) is 4.68 Å². The molecule has 0 aliphatic carbocycles. The number of aromatic nitrogens is 5. The van der Waals surface area contributed by atoms with Gasteiger partial charge in [-0.05, 0) is 22.0 Å². The summed E-state index contributed by atoms with van der Waals surface area (Å²) >= 11 is 1.09. The number of nitro benzene ring substituents is 1. The summed E-state index contributed by atoms with van der Waals surface area (Å²) < 4.78 is 1.29. The SMILES string of the molecule is Cn1nc([N+](=O)[O-])nc1Sc1ncc(-c2ccc([N+](=O)[O-])cc2)[nH]1. The van der Waals surface area contributed by atoms with Gasteiger partial charge in [-0.3, -0.25) is 10.1 Å². The van der Waals surface area contributed by atoms with Crippen LogP contribution in [0.25, 0.3) is 11.3 Å². The zero-order valence-electron chi connectivity index (χ0n) is 12.1. The standard InChI is InChI=1S/C12H9N7O4S/c1-17-12(15-10(16-17)19(22)23)24-11-13-6-9(14-11)7-2-4-8(5-3-7)18(20)21/h2-6H,1H3,(H,13,14). The number of hydrogen-bond donors (Lipinski definition) is 1. The molecule has 0 unspecified atom stereocenters. The van der Waals surface area contributed by atoms with Gasteiger partial charge in [0.1, 0.15) is 0 Å². The number of H-pyrrole nitrogens is 1. The Hall–Kier alpha value is -3.28. The summed E-state index contributed by atoms with van der Waals surface area (Å²) in [5.74, 6) is -0.484. The van der Waals surface area contributed by atoms with Crippen LogP contribution < -0.4 is 0 Å². The number of nitro groups is 2. The van der Waals surface area contributed by atoms with Crippen molar-refractivity contribution < 1.29 is 9.85 Å². The minimum Gasteiger partial charge on any atom is -0.390 e. The van der Waals surface area contributed by atoms with E-state index in [1.807, 2.05) is 0 Å². The Bertz CT molecular complexity index is 918. The summed E-state index contributed by atoms with van der Waals surface area (Å²) in [4.78, 5) is 31.2. The molecule has 0 fully saturated rings. The third-order valence-corrected chi connectivity index (χ3v) is 3.94. The Morgan fingerprint density at radius 1 is 1.17 bits per heavy atom. The quantitative estimate of drug-likeness (QED) is 0.545. The van der Waals surface area contributed by atoms with Gasteiger partial charge >= 0.3 is 5.95 Å². The van der Waals surface area contributed by atoms with Crippen molar-refractivity contribution in [2.45, 2.75) is 10.3 Å². The first-order chi connectivity index (χ1) is 11.4. The van der Waals surface area contributed by atoms with Crippen molar-refractivity contribution >= 4 is 23.4 Å². The first-order valence-electron chi connectivity index (χ1n) is 6.47. The molecular formula is C12H9N7O4S. The smallest absolute Gasteiger partial charge is 0.390 e. The van der Waals surface area contributed by atoms with Crippen LogP contribution in [-0.4, -0.2) is 34.6 Å². The minimum absolute atomic E-state index is 0.000687. The average Bonchev–Trinajstić information content (AvgIpc) is 3.15. The molecule has 0 radical (unpaired) electrons. The van der Waals surface area contributed by atoms with E-state index in [2.05, 4.69) is 20.1 Å². The van der Waals surface area contributed by atoms with E-state index < -0.39 is 15.8 Å². The highest BCUT2D eigenvalue weighted by Gasteiger charge is 2.21. The van der Waals surface area contributed by atoms with Crippen molar-refractivity contribution in [1.82, 2.24) is 24.7 Å². The molecule has 24 heavy (non-hydrogen) atoms. The number of aromatic amines is 1. The number of nitrogens with zero attached hydrogens (tertiary/aromatic N) is 6. The van der Waals surface area contributed by atoms with Crippen molar-refractivity contribution in [3.8, 4) is 11.3 Å². The Morgan fingerprint density at radius 2 is 1.88 bits per heavy atom. The molecule has 0 saturated heterocycles. The predicted octanol–water partition coefficient (Wildman–Crippen LogP) is 2.17. The summed E-state index contributed by atoms with van der Waals surface area (Å²) in [5, 5.41) is 25.8. The van der Waals surface area contributed by atoms with Crippen molar-refractivity contribution in [2.24, 2.45) is 7.05 Å². The number of nitrogens with one attached hydrogen (secondary N) is 1. The summed E-state index contributed by atoms with van der Waals surface area (Å²) in [6.45, 7) is 0. The van der Waals surface area contributed by atoms with E-state index >= 15 is 0 Å². The van der Waals surface area contributed by atoms with Gasteiger partial charge in [0.15, 0.2) is 5.16 Å². The van der Waals surface area contributed by atoms with E-state index in [9.17, 15) is 20.2 Å². The molecule has 2 heterocycles. The molecule has 11 nitrogen and oxygen atoms in total. The third kappa shape index (κ3) is 3.08. The van der Waals surface area contributed by atoms with Crippen LogP contribution in [0.4, 0.5) is 11.6 Å². The lowest BCUT2D eigenvalue weighted by atomic mass is 10.1. The molecule has 0 aliphatic rings. The van der Waals surface area contributed by atoms with E-state index in [1.165, 1.54) is 16.8 Å². The molecule has 12 heteroatoms. The summed E-state index contributed by atoms with van der Waals surface area (Å²) in [6.07, 6.45) is 1.56. The molecule has 3 rings (SSSR count). The molecule has 3 aromatic rings. The molecule has 1 N–H and O–H groups in total. The van der Waals surface area contributed by atoms with E-state index in [1.54, 1.807) is 25.4 Å². The van der Waals surface area contributed by atoms with E-state index in [0.29, 0.717) is 16.0 Å². The number of benzene rings is 1. The lowest BCUT2D eigenvalue weighted by molar-refractivity contribution is -0.394. The van der Waals surface area contributed by atoms with Gasteiger partial charge in [0.05, 0.1) is 16.8 Å². The molecule has 0 atom stereocenters. The van der Waals surface area contributed by atoms with Crippen LogP contribution in [0.15, 0.2) is 40.8 Å². The fraction of sp³-hybridized carbons (Fsp3) is 0.0833. The second-order valence-corrected chi connectivity index (χ2v) is 5.54. The van der Waals surface area contributed by atoms with Crippen LogP contribution in [0.1, 0.15) is 0 Å². The molecule has 0 aliphatic heterocycles. The maximum absolute atomic E-state index is 10.7. The number of aryl methyl sites for hydroxylation is 1. The van der Waals surface area contributed by atoms with E-state index in [4.69, 9.17) is 0 Å². The Labute approximate surface area is 138 Å². The Morgan fingerprint density at radius 3 is 2.46 bits per heavy atom. The number of imidazole rings is 1. The Balaban J connectivity index is 1.80. The fourth-order valence-electron chi connectivity index (χ4n) is 1.87. The van der Waals surface area contributed by atoms with Crippen LogP contribution in [0.5, 0.6) is 0 Å². The normalized spacial score (nSPS) is 10.7. The molecule has 122 valence electrons. The van der Waals surface area contributed by atoms with E-state index in [-0.39, 0.29) is 5.69 Å². The summed E-state index contributed by atoms with van der Waals surface area (Å²) in [6, 6.07) is 6.00.